The third kappa shape index (κ3) is 5.32. The second-order valence-corrected chi connectivity index (χ2v) is 6.30. The Labute approximate surface area is 125 Å². The summed E-state index contributed by atoms with van der Waals surface area (Å²) in [5, 5.41) is 6.97. The van der Waals surface area contributed by atoms with Gasteiger partial charge in [0.15, 0.2) is 0 Å². The molecule has 21 heavy (non-hydrogen) atoms. The van der Waals surface area contributed by atoms with E-state index in [1.165, 1.54) is 0 Å². The number of carbonyl (C=O) groups is 1. The molecule has 1 aromatic rings. The van der Waals surface area contributed by atoms with Crippen LogP contribution in [0.5, 0.6) is 0 Å². The van der Waals surface area contributed by atoms with Crippen LogP contribution < -0.4 is 10.6 Å². The molecule has 1 aromatic heterocycles. The van der Waals surface area contributed by atoms with Crippen molar-refractivity contribution in [2.24, 2.45) is 5.92 Å². The van der Waals surface area contributed by atoms with E-state index < -0.39 is 12.7 Å². The number of nitrogens with one attached hydrogen (secondary N) is 2. The molecule has 118 valence electrons. The Bertz CT molecular complexity index is 442. The molecule has 1 aliphatic carbocycles. The van der Waals surface area contributed by atoms with E-state index in [-0.39, 0.29) is 18.5 Å². The monoisotopic (exact) mass is 320 g/mol. The summed E-state index contributed by atoms with van der Waals surface area (Å²) in [6, 6.07) is 3.82. The number of amides is 1. The van der Waals surface area contributed by atoms with Crippen LogP contribution >= 0.6 is 11.3 Å². The van der Waals surface area contributed by atoms with Crippen molar-refractivity contribution in [2.45, 2.75) is 37.9 Å². The Morgan fingerprint density at radius 2 is 2.10 bits per heavy atom. The van der Waals surface area contributed by atoms with Crippen LogP contribution in [0.25, 0.3) is 0 Å². The van der Waals surface area contributed by atoms with Crippen LogP contribution in [-0.2, 0) is 4.79 Å². The molecule has 1 saturated carbocycles. The van der Waals surface area contributed by atoms with Crippen molar-refractivity contribution in [1.29, 1.82) is 0 Å². The molecule has 3 nitrogen and oxygen atoms in total. The molecule has 1 heterocycles. The molecule has 0 bridgehead atoms. The Morgan fingerprint density at radius 3 is 2.67 bits per heavy atom. The third-order valence-electron chi connectivity index (χ3n) is 3.65. The molecule has 0 aromatic carbocycles. The van der Waals surface area contributed by atoms with E-state index in [1.807, 2.05) is 17.5 Å². The van der Waals surface area contributed by atoms with Gasteiger partial charge >= 0.3 is 6.18 Å². The average molecular weight is 320 g/mol. The molecule has 1 fully saturated rings. The van der Waals surface area contributed by atoms with E-state index in [0.29, 0.717) is 5.92 Å². The summed E-state index contributed by atoms with van der Waals surface area (Å²) in [5.74, 6) is -0.000217. The molecule has 7 heteroatoms. The van der Waals surface area contributed by atoms with Crippen LogP contribution in [0, 0.1) is 5.92 Å². The highest BCUT2D eigenvalue weighted by atomic mass is 32.1. The zero-order chi connectivity index (χ0) is 15.3. The summed E-state index contributed by atoms with van der Waals surface area (Å²) in [5.41, 5.74) is 0. The second kappa shape index (κ2) is 7.26. The molecule has 2 N–H and O–H groups in total. The van der Waals surface area contributed by atoms with Gasteiger partial charge in [0.1, 0.15) is 0 Å². The first kappa shape index (κ1) is 16.3. The van der Waals surface area contributed by atoms with Crippen molar-refractivity contribution in [3.05, 3.63) is 22.4 Å². The largest absolute Gasteiger partial charge is 0.401 e. The van der Waals surface area contributed by atoms with Crippen LogP contribution in [0.4, 0.5) is 13.2 Å². The Balaban J connectivity index is 1.88. The minimum Gasteiger partial charge on any atom is -0.347 e. The lowest BCUT2D eigenvalue weighted by atomic mass is 9.96. The number of alkyl halides is 3. The normalized spacial score (nSPS) is 17.9. The predicted octanol–water partition coefficient (Wildman–Crippen LogP) is 3.25. The molecular weight excluding hydrogens is 301 g/mol. The summed E-state index contributed by atoms with van der Waals surface area (Å²) < 4.78 is 36.1. The molecule has 1 atom stereocenters. The van der Waals surface area contributed by atoms with Crippen molar-refractivity contribution in [1.82, 2.24) is 10.6 Å². The van der Waals surface area contributed by atoms with Crippen LogP contribution in [0.15, 0.2) is 17.5 Å². The number of thiophene rings is 1. The maximum atomic E-state index is 12.0. The quantitative estimate of drug-likeness (QED) is 0.845. The van der Waals surface area contributed by atoms with E-state index in [2.05, 4.69) is 10.6 Å². The van der Waals surface area contributed by atoms with E-state index in [4.69, 9.17) is 0 Å². The van der Waals surface area contributed by atoms with Gasteiger partial charge in [-0.25, -0.2) is 0 Å². The number of hydrogen-bond acceptors (Lipinski definition) is 3. The van der Waals surface area contributed by atoms with E-state index >= 15 is 0 Å². The fourth-order valence-corrected chi connectivity index (χ4v) is 3.59. The first-order valence-electron chi connectivity index (χ1n) is 7.06. The maximum absolute atomic E-state index is 12.0. The van der Waals surface area contributed by atoms with Gasteiger partial charge in [-0.15, -0.1) is 11.3 Å². The maximum Gasteiger partial charge on any atom is 0.401 e. The molecule has 0 aliphatic heterocycles. The molecule has 1 amide bonds. The average Bonchev–Trinajstić information content (AvgIpc) is 3.08. The lowest BCUT2D eigenvalue weighted by Crippen LogP contribution is -2.41. The predicted molar refractivity (Wildman–Crippen MR) is 76.1 cm³/mol. The minimum absolute atomic E-state index is 0.0762. The van der Waals surface area contributed by atoms with Crippen molar-refractivity contribution >= 4 is 17.2 Å². The van der Waals surface area contributed by atoms with Crippen LogP contribution in [0.2, 0.25) is 0 Å². The molecular formula is C14H19F3N2OS. The van der Waals surface area contributed by atoms with Gasteiger partial charge in [-0.1, -0.05) is 18.9 Å². The molecule has 1 unspecified atom stereocenters. The van der Waals surface area contributed by atoms with Gasteiger partial charge in [0.2, 0.25) is 5.91 Å². The molecule has 1 aliphatic rings. The second-order valence-electron chi connectivity index (χ2n) is 5.32. The van der Waals surface area contributed by atoms with Gasteiger partial charge in [-0.3, -0.25) is 4.79 Å². The summed E-state index contributed by atoms with van der Waals surface area (Å²) >= 11 is 1.57. The number of halogens is 3. The highest BCUT2D eigenvalue weighted by Gasteiger charge is 2.29. The Kier molecular flexibility index (Phi) is 5.64. The fourth-order valence-electron chi connectivity index (χ4n) is 2.72. The Morgan fingerprint density at radius 1 is 1.38 bits per heavy atom. The van der Waals surface area contributed by atoms with Crippen molar-refractivity contribution in [3.8, 4) is 0 Å². The van der Waals surface area contributed by atoms with Gasteiger partial charge in [0.25, 0.3) is 0 Å². The number of carbonyl (C=O) groups excluding carboxylic acids is 1. The smallest absolute Gasteiger partial charge is 0.347 e. The highest BCUT2D eigenvalue weighted by Crippen LogP contribution is 2.37. The van der Waals surface area contributed by atoms with Gasteiger partial charge in [0.05, 0.1) is 19.1 Å². The SMILES string of the molecule is O=C(CNCC(F)(F)F)NC(c1cccs1)C1CCCC1. The first-order chi connectivity index (χ1) is 9.96. The third-order valence-corrected chi connectivity index (χ3v) is 4.60. The van der Waals surface area contributed by atoms with E-state index in [9.17, 15) is 18.0 Å². The topological polar surface area (TPSA) is 41.1 Å². The number of rotatable bonds is 6. The van der Waals surface area contributed by atoms with Gasteiger partial charge in [-0.05, 0) is 30.2 Å². The molecule has 0 spiro atoms. The number of hydrogen-bond donors (Lipinski definition) is 2. The van der Waals surface area contributed by atoms with Crippen molar-refractivity contribution < 1.29 is 18.0 Å². The van der Waals surface area contributed by atoms with Gasteiger partial charge in [-0.2, -0.15) is 13.2 Å². The summed E-state index contributed by atoms with van der Waals surface area (Å²) in [4.78, 5) is 12.9. The lowest BCUT2D eigenvalue weighted by molar-refractivity contribution is -0.128. The van der Waals surface area contributed by atoms with Crippen LogP contribution in [0.1, 0.15) is 36.6 Å². The fraction of sp³-hybridized carbons (Fsp3) is 0.643. The van der Waals surface area contributed by atoms with E-state index in [0.717, 1.165) is 30.6 Å². The van der Waals surface area contributed by atoms with Crippen molar-refractivity contribution in [2.75, 3.05) is 13.1 Å². The summed E-state index contributed by atoms with van der Waals surface area (Å²) in [6.45, 7) is -1.46. The minimum atomic E-state index is -4.29. The molecule has 0 radical (unpaired) electrons. The summed E-state index contributed by atoms with van der Waals surface area (Å²) in [7, 11) is 0. The zero-order valence-corrected chi connectivity index (χ0v) is 12.4. The van der Waals surface area contributed by atoms with Crippen LogP contribution in [0.3, 0.4) is 0 Å². The first-order valence-corrected chi connectivity index (χ1v) is 7.94. The summed E-state index contributed by atoms with van der Waals surface area (Å²) in [6.07, 6.45) is 0.111. The zero-order valence-electron chi connectivity index (χ0n) is 11.6. The highest BCUT2D eigenvalue weighted by molar-refractivity contribution is 7.10. The Hall–Kier alpha value is -1.08. The lowest BCUT2D eigenvalue weighted by Gasteiger charge is -2.24. The van der Waals surface area contributed by atoms with Crippen molar-refractivity contribution in [3.63, 3.8) is 0 Å². The van der Waals surface area contributed by atoms with Crippen LogP contribution in [-0.4, -0.2) is 25.2 Å². The van der Waals surface area contributed by atoms with Gasteiger partial charge < -0.3 is 10.6 Å². The standard InChI is InChI=1S/C14H19F3N2OS/c15-14(16,17)9-18-8-12(20)19-13(10-4-1-2-5-10)11-6-3-7-21-11/h3,6-7,10,13,18H,1-2,4-5,8-9H2,(H,19,20). The van der Waals surface area contributed by atoms with Gasteiger partial charge in [0, 0.05) is 4.88 Å². The molecule has 2 rings (SSSR count). The molecule has 0 saturated heterocycles. The van der Waals surface area contributed by atoms with E-state index in [1.54, 1.807) is 11.3 Å².